The number of nitrogens with zero attached hydrogens (tertiary/aromatic N) is 3. The number of aryl methyl sites for hydroxylation is 1. The standard InChI is InChI=1S/C18H19N5O3S/c1-12-5-3-4-6-15(12)20-18-22-16(21-17(19)23-18)11-26-13-7-9-14(10-8-13)27(2,24)25/h3-10H,11H2,1-2H3,(H3,19,20,21,22,23). The Bertz CT molecular complexity index is 1050. The highest BCUT2D eigenvalue weighted by molar-refractivity contribution is 7.90. The zero-order valence-corrected chi connectivity index (χ0v) is 15.7. The van der Waals surface area contributed by atoms with Crippen molar-refractivity contribution in [2.75, 3.05) is 17.3 Å². The number of nitrogens with one attached hydrogen (secondary N) is 1. The third-order valence-electron chi connectivity index (χ3n) is 3.71. The molecule has 140 valence electrons. The van der Waals surface area contributed by atoms with Gasteiger partial charge in [0.05, 0.1) is 4.90 Å². The number of benzene rings is 2. The van der Waals surface area contributed by atoms with Crippen LogP contribution in [-0.4, -0.2) is 29.6 Å². The monoisotopic (exact) mass is 385 g/mol. The molecule has 0 fully saturated rings. The first-order valence-corrected chi connectivity index (χ1v) is 9.96. The SMILES string of the molecule is Cc1ccccc1Nc1nc(N)nc(COc2ccc(S(C)(=O)=O)cc2)n1. The quantitative estimate of drug-likeness (QED) is 0.664. The lowest BCUT2D eigenvalue weighted by Crippen LogP contribution is -2.09. The fourth-order valence-electron chi connectivity index (χ4n) is 2.32. The molecule has 27 heavy (non-hydrogen) atoms. The number of rotatable bonds is 6. The van der Waals surface area contributed by atoms with Crippen molar-refractivity contribution in [2.24, 2.45) is 0 Å². The van der Waals surface area contributed by atoms with Crippen molar-refractivity contribution in [3.63, 3.8) is 0 Å². The average molecular weight is 385 g/mol. The van der Waals surface area contributed by atoms with Gasteiger partial charge in [-0.1, -0.05) is 18.2 Å². The van der Waals surface area contributed by atoms with Crippen LogP contribution in [-0.2, 0) is 16.4 Å². The second-order valence-corrected chi connectivity index (χ2v) is 7.92. The van der Waals surface area contributed by atoms with Crippen molar-refractivity contribution in [3.05, 3.63) is 59.9 Å². The smallest absolute Gasteiger partial charge is 0.232 e. The minimum Gasteiger partial charge on any atom is -0.486 e. The summed E-state index contributed by atoms with van der Waals surface area (Å²) in [7, 11) is -3.24. The van der Waals surface area contributed by atoms with Crippen LogP contribution in [0.1, 0.15) is 11.4 Å². The van der Waals surface area contributed by atoms with E-state index in [-0.39, 0.29) is 17.5 Å². The van der Waals surface area contributed by atoms with E-state index in [4.69, 9.17) is 10.5 Å². The number of nitrogens with two attached hydrogens (primary N) is 1. The molecular formula is C18H19N5O3S. The lowest BCUT2D eigenvalue weighted by atomic mass is 10.2. The molecule has 0 unspecified atom stereocenters. The summed E-state index contributed by atoms with van der Waals surface area (Å²) in [5, 5.41) is 3.11. The summed E-state index contributed by atoms with van der Waals surface area (Å²) in [6, 6.07) is 13.8. The van der Waals surface area contributed by atoms with Crippen molar-refractivity contribution in [2.45, 2.75) is 18.4 Å². The Morgan fingerprint density at radius 3 is 2.41 bits per heavy atom. The first-order chi connectivity index (χ1) is 12.8. The topological polar surface area (TPSA) is 120 Å². The molecule has 1 heterocycles. The second kappa shape index (κ2) is 7.58. The number of para-hydroxylation sites is 1. The van der Waals surface area contributed by atoms with Crippen LogP contribution in [0.25, 0.3) is 0 Å². The van der Waals surface area contributed by atoms with Crippen molar-refractivity contribution < 1.29 is 13.2 Å². The van der Waals surface area contributed by atoms with Crippen LogP contribution >= 0.6 is 0 Å². The van der Waals surface area contributed by atoms with Gasteiger partial charge in [0.25, 0.3) is 0 Å². The average Bonchev–Trinajstić information content (AvgIpc) is 2.61. The van der Waals surface area contributed by atoms with E-state index < -0.39 is 9.84 Å². The van der Waals surface area contributed by atoms with Gasteiger partial charge in [-0.05, 0) is 42.8 Å². The molecule has 0 saturated heterocycles. The Balaban J connectivity index is 1.72. The van der Waals surface area contributed by atoms with Gasteiger partial charge < -0.3 is 15.8 Å². The van der Waals surface area contributed by atoms with Gasteiger partial charge in [0.2, 0.25) is 11.9 Å². The molecule has 3 rings (SSSR count). The molecule has 3 aromatic rings. The first kappa shape index (κ1) is 18.6. The summed E-state index contributed by atoms with van der Waals surface area (Å²) in [6.07, 6.45) is 1.15. The molecule has 0 spiro atoms. The van der Waals surface area contributed by atoms with Gasteiger partial charge in [0.15, 0.2) is 15.7 Å². The Morgan fingerprint density at radius 2 is 1.74 bits per heavy atom. The highest BCUT2D eigenvalue weighted by atomic mass is 32.2. The van der Waals surface area contributed by atoms with Gasteiger partial charge in [-0.25, -0.2) is 8.42 Å². The lowest BCUT2D eigenvalue weighted by molar-refractivity contribution is 0.295. The number of ether oxygens (including phenoxy) is 1. The summed E-state index contributed by atoms with van der Waals surface area (Å²) >= 11 is 0. The third-order valence-corrected chi connectivity index (χ3v) is 4.84. The fourth-order valence-corrected chi connectivity index (χ4v) is 2.95. The zero-order chi connectivity index (χ0) is 19.4. The van der Waals surface area contributed by atoms with Crippen molar-refractivity contribution in [3.8, 4) is 5.75 Å². The van der Waals surface area contributed by atoms with E-state index in [0.29, 0.717) is 17.5 Å². The molecule has 0 atom stereocenters. The van der Waals surface area contributed by atoms with E-state index in [1.807, 2.05) is 31.2 Å². The maximum atomic E-state index is 11.5. The van der Waals surface area contributed by atoms with E-state index in [9.17, 15) is 8.42 Å². The van der Waals surface area contributed by atoms with E-state index in [1.165, 1.54) is 12.1 Å². The van der Waals surface area contributed by atoms with E-state index in [1.54, 1.807) is 12.1 Å². The normalized spacial score (nSPS) is 11.2. The Morgan fingerprint density at radius 1 is 1.04 bits per heavy atom. The Labute approximate surface area is 157 Å². The summed E-state index contributed by atoms with van der Waals surface area (Å²) in [5.74, 6) is 1.25. The molecule has 0 amide bonds. The number of hydrogen-bond donors (Lipinski definition) is 2. The van der Waals surface area contributed by atoms with Gasteiger partial charge in [0.1, 0.15) is 12.4 Å². The molecule has 0 saturated carbocycles. The predicted octanol–water partition coefficient (Wildman–Crippen LogP) is 2.49. The first-order valence-electron chi connectivity index (χ1n) is 8.07. The maximum absolute atomic E-state index is 11.5. The zero-order valence-electron chi connectivity index (χ0n) is 14.9. The minimum atomic E-state index is -3.24. The van der Waals surface area contributed by atoms with Gasteiger partial charge in [-0.15, -0.1) is 0 Å². The molecular weight excluding hydrogens is 366 g/mol. The molecule has 1 aromatic heterocycles. The van der Waals surface area contributed by atoms with E-state index >= 15 is 0 Å². The molecule has 2 aromatic carbocycles. The van der Waals surface area contributed by atoms with Gasteiger partial charge >= 0.3 is 0 Å². The highest BCUT2D eigenvalue weighted by Crippen LogP contribution is 2.19. The maximum Gasteiger partial charge on any atom is 0.232 e. The van der Waals surface area contributed by atoms with Crippen molar-refractivity contribution in [1.82, 2.24) is 15.0 Å². The van der Waals surface area contributed by atoms with Gasteiger partial charge in [-0.2, -0.15) is 15.0 Å². The van der Waals surface area contributed by atoms with Crippen LogP contribution in [0.4, 0.5) is 17.6 Å². The van der Waals surface area contributed by atoms with Gasteiger partial charge in [0, 0.05) is 11.9 Å². The highest BCUT2D eigenvalue weighted by Gasteiger charge is 2.09. The summed E-state index contributed by atoms with van der Waals surface area (Å²) < 4.78 is 28.6. The van der Waals surface area contributed by atoms with Gasteiger partial charge in [-0.3, -0.25) is 0 Å². The van der Waals surface area contributed by atoms with Crippen LogP contribution in [0.15, 0.2) is 53.4 Å². The number of nitrogen functional groups attached to an aromatic ring is 1. The largest absolute Gasteiger partial charge is 0.486 e. The van der Waals surface area contributed by atoms with E-state index in [2.05, 4.69) is 20.3 Å². The number of sulfone groups is 1. The molecule has 9 heteroatoms. The molecule has 0 radical (unpaired) electrons. The number of aromatic nitrogens is 3. The molecule has 0 aliphatic carbocycles. The Kier molecular flexibility index (Phi) is 5.22. The minimum absolute atomic E-state index is 0.0629. The number of anilines is 3. The van der Waals surface area contributed by atoms with Crippen LogP contribution in [0.3, 0.4) is 0 Å². The van der Waals surface area contributed by atoms with E-state index in [0.717, 1.165) is 17.5 Å². The molecule has 0 bridgehead atoms. The molecule has 0 aliphatic rings. The molecule has 8 nitrogen and oxygen atoms in total. The van der Waals surface area contributed by atoms with Crippen LogP contribution in [0, 0.1) is 6.92 Å². The summed E-state index contributed by atoms with van der Waals surface area (Å²) in [6.45, 7) is 2.03. The summed E-state index contributed by atoms with van der Waals surface area (Å²) in [4.78, 5) is 12.7. The van der Waals surface area contributed by atoms with Crippen LogP contribution in [0.5, 0.6) is 5.75 Å². The van der Waals surface area contributed by atoms with Crippen molar-refractivity contribution >= 4 is 27.4 Å². The lowest BCUT2D eigenvalue weighted by Gasteiger charge is -2.10. The fraction of sp³-hybridized carbons (Fsp3) is 0.167. The van der Waals surface area contributed by atoms with Crippen LogP contribution < -0.4 is 15.8 Å². The molecule has 3 N–H and O–H groups in total. The predicted molar refractivity (Wildman–Crippen MR) is 103 cm³/mol. The number of hydrogen-bond acceptors (Lipinski definition) is 8. The molecule has 0 aliphatic heterocycles. The third kappa shape index (κ3) is 4.91. The Hall–Kier alpha value is -3.20. The second-order valence-electron chi connectivity index (χ2n) is 5.91. The van der Waals surface area contributed by atoms with Crippen LogP contribution in [0.2, 0.25) is 0 Å². The summed E-state index contributed by atoms with van der Waals surface area (Å²) in [5.41, 5.74) is 7.67. The van der Waals surface area contributed by atoms with Crippen molar-refractivity contribution in [1.29, 1.82) is 0 Å².